The topological polar surface area (TPSA) is 85.5 Å². The molecule has 0 atom stereocenters. The van der Waals surface area contributed by atoms with E-state index in [0.29, 0.717) is 11.8 Å². The molecule has 1 aromatic carbocycles. The third-order valence-corrected chi connectivity index (χ3v) is 3.16. The van der Waals surface area contributed by atoms with E-state index in [-0.39, 0.29) is 25.4 Å². The molecule has 0 N–H and O–H groups in total. The van der Waals surface area contributed by atoms with Crippen molar-refractivity contribution in [1.29, 1.82) is 0 Å². The van der Waals surface area contributed by atoms with Crippen LogP contribution in [0.2, 0.25) is 0 Å². The largest absolute Gasteiger partial charge is 0.456 e. The molecule has 7 nitrogen and oxygen atoms in total. The number of carbonyl (C=O) groups excluding carboxylic acids is 2. The first kappa shape index (κ1) is 16.7. The lowest BCUT2D eigenvalue weighted by Gasteiger charge is -2.09. The third kappa shape index (κ3) is 4.91. The molecule has 0 aliphatic rings. The van der Waals surface area contributed by atoms with Gasteiger partial charge in [0.2, 0.25) is 11.8 Å². The maximum atomic E-state index is 11.6. The van der Waals surface area contributed by atoms with Gasteiger partial charge >= 0.3 is 5.97 Å². The van der Waals surface area contributed by atoms with Crippen molar-refractivity contribution in [2.75, 3.05) is 20.7 Å². The van der Waals surface area contributed by atoms with E-state index in [1.807, 2.05) is 31.2 Å². The highest BCUT2D eigenvalue weighted by molar-refractivity contribution is 5.80. The van der Waals surface area contributed by atoms with Crippen molar-refractivity contribution < 1.29 is 18.7 Å². The van der Waals surface area contributed by atoms with Crippen LogP contribution in [0, 0.1) is 6.92 Å². The van der Waals surface area contributed by atoms with Gasteiger partial charge in [0, 0.05) is 26.1 Å². The molecular formula is C16H19N3O4. The van der Waals surface area contributed by atoms with E-state index in [2.05, 4.69) is 10.2 Å². The standard InChI is InChI=1S/C16H19N3O4/c1-11-4-6-12(7-5-11)16-18-17-13(23-16)8-9-15(21)22-10-14(20)19(2)3/h4-7H,8-10H2,1-3H3. The first-order chi connectivity index (χ1) is 11.0. The summed E-state index contributed by atoms with van der Waals surface area (Å²) in [6, 6.07) is 7.71. The van der Waals surface area contributed by atoms with Gasteiger partial charge in [0.05, 0.1) is 6.42 Å². The number of aromatic nitrogens is 2. The molecule has 7 heteroatoms. The average molecular weight is 317 g/mol. The van der Waals surface area contributed by atoms with Gasteiger partial charge in [0.25, 0.3) is 5.91 Å². The van der Waals surface area contributed by atoms with Gasteiger partial charge in [-0.3, -0.25) is 9.59 Å². The summed E-state index contributed by atoms with van der Waals surface area (Å²) in [6.07, 6.45) is 0.351. The number of aryl methyl sites for hydroxylation is 2. The summed E-state index contributed by atoms with van der Waals surface area (Å²) in [4.78, 5) is 24.2. The monoisotopic (exact) mass is 317 g/mol. The lowest BCUT2D eigenvalue weighted by molar-refractivity contribution is -0.151. The zero-order chi connectivity index (χ0) is 16.8. The molecule has 0 bridgehead atoms. The summed E-state index contributed by atoms with van der Waals surface area (Å²) >= 11 is 0. The maximum absolute atomic E-state index is 11.6. The minimum atomic E-state index is -0.477. The summed E-state index contributed by atoms with van der Waals surface area (Å²) in [5.74, 6) is 0.0284. The van der Waals surface area contributed by atoms with Crippen molar-refractivity contribution in [3.63, 3.8) is 0 Å². The molecule has 0 fully saturated rings. The molecule has 1 heterocycles. The van der Waals surface area contributed by atoms with Crippen molar-refractivity contribution in [3.05, 3.63) is 35.7 Å². The average Bonchev–Trinajstić information content (AvgIpc) is 3.00. The van der Waals surface area contributed by atoms with E-state index in [1.54, 1.807) is 14.1 Å². The number of rotatable bonds is 6. The third-order valence-electron chi connectivity index (χ3n) is 3.16. The van der Waals surface area contributed by atoms with Crippen molar-refractivity contribution in [1.82, 2.24) is 15.1 Å². The highest BCUT2D eigenvalue weighted by Crippen LogP contribution is 2.18. The molecule has 0 aliphatic carbocycles. The van der Waals surface area contributed by atoms with Crippen LogP contribution in [0.3, 0.4) is 0 Å². The predicted molar refractivity (Wildman–Crippen MR) is 82.4 cm³/mol. The van der Waals surface area contributed by atoms with Gasteiger partial charge in [-0.2, -0.15) is 0 Å². The Balaban J connectivity index is 1.84. The number of hydrogen-bond donors (Lipinski definition) is 0. The van der Waals surface area contributed by atoms with Crippen LogP contribution < -0.4 is 0 Å². The van der Waals surface area contributed by atoms with Crippen LogP contribution in [0.15, 0.2) is 28.7 Å². The van der Waals surface area contributed by atoms with Crippen LogP contribution >= 0.6 is 0 Å². The zero-order valence-corrected chi connectivity index (χ0v) is 13.4. The minimum Gasteiger partial charge on any atom is -0.456 e. The van der Waals surface area contributed by atoms with Crippen molar-refractivity contribution in [3.8, 4) is 11.5 Å². The fourth-order valence-corrected chi connectivity index (χ4v) is 1.72. The molecule has 1 amide bonds. The summed E-state index contributed by atoms with van der Waals surface area (Å²) < 4.78 is 10.4. The Hall–Kier alpha value is -2.70. The van der Waals surface area contributed by atoms with Crippen LogP contribution in [-0.2, 0) is 20.7 Å². The van der Waals surface area contributed by atoms with Gasteiger partial charge in [-0.05, 0) is 19.1 Å². The summed E-state index contributed by atoms with van der Waals surface area (Å²) in [5.41, 5.74) is 1.97. The summed E-state index contributed by atoms with van der Waals surface area (Å²) in [5, 5.41) is 7.87. The Kier molecular flexibility index (Phi) is 5.46. The van der Waals surface area contributed by atoms with E-state index in [4.69, 9.17) is 9.15 Å². The highest BCUT2D eigenvalue weighted by Gasteiger charge is 2.13. The number of esters is 1. The van der Waals surface area contributed by atoms with E-state index < -0.39 is 5.97 Å². The Labute approximate surface area is 134 Å². The minimum absolute atomic E-state index is 0.0796. The van der Waals surface area contributed by atoms with Crippen LogP contribution in [0.5, 0.6) is 0 Å². The molecule has 2 rings (SSSR count). The number of benzene rings is 1. The molecule has 23 heavy (non-hydrogen) atoms. The highest BCUT2D eigenvalue weighted by atomic mass is 16.5. The smallest absolute Gasteiger partial charge is 0.306 e. The second-order valence-electron chi connectivity index (χ2n) is 5.32. The number of amides is 1. The molecule has 0 spiro atoms. The second-order valence-corrected chi connectivity index (χ2v) is 5.32. The Bertz CT molecular complexity index is 677. The van der Waals surface area contributed by atoms with Gasteiger partial charge in [-0.25, -0.2) is 0 Å². The predicted octanol–water partition coefficient (Wildman–Crippen LogP) is 1.61. The first-order valence-corrected chi connectivity index (χ1v) is 7.21. The van der Waals surface area contributed by atoms with E-state index in [0.717, 1.165) is 11.1 Å². The Morgan fingerprint density at radius 2 is 1.87 bits per heavy atom. The second kappa shape index (κ2) is 7.53. The Morgan fingerprint density at radius 1 is 1.17 bits per heavy atom. The lowest BCUT2D eigenvalue weighted by Crippen LogP contribution is -2.27. The van der Waals surface area contributed by atoms with Crippen LogP contribution in [0.1, 0.15) is 17.9 Å². The van der Waals surface area contributed by atoms with Crippen LogP contribution in [-0.4, -0.2) is 47.7 Å². The van der Waals surface area contributed by atoms with Gasteiger partial charge in [-0.15, -0.1) is 10.2 Å². The zero-order valence-electron chi connectivity index (χ0n) is 13.4. The van der Waals surface area contributed by atoms with Crippen LogP contribution in [0.25, 0.3) is 11.5 Å². The number of nitrogens with zero attached hydrogens (tertiary/aromatic N) is 3. The maximum Gasteiger partial charge on any atom is 0.306 e. The summed E-state index contributed by atoms with van der Waals surface area (Å²) in [6.45, 7) is 1.74. The molecule has 122 valence electrons. The number of hydrogen-bond acceptors (Lipinski definition) is 6. The molecular weight excluding hydrogens is 298 g/mol. The fourth-order valence-electron chi connectivity index (χ4n) is 1.72. The number of likely N-dealkylation sites (N-methyl/N-ethyl adjacent to an activating group) is 1. The van der Waals surface area contributed by atoms with Gasteiger partial charge in [0.15, 0.2) is 6.61 Å². The first-order valence-electron chi connectivity index (χ1n) is 7.21. The van der Waals surface area contributed by atoms with E-state index in [9.17, 15) is 9.59 Å². The SMILES string of the molecule is Cc1ccc(-c2nnc(CCC(=O)OCC(=O)N(C)C)o2)cc1. The van der Waals surface area contributed by atoms with E-state index in [1.165, 1.54) is 4.90 Å². The molecule has 0 saturated heterocycles. The lowest BCUT2D eigenvalue weighted by atomic mass is 10.1. The van der Waals surface area contributed by atoms with Gasteiger partial charge in [-0.1, -0.05) is 17.7 Å². The molecule has 0 aliphatic heterocycles. The van der Waals surface area contributed by atoms with Crippen molar-refractivity contribution in [2.24, 2.45) is 0 Å². The molecule has 2 aromatic rings. The van der Waals surface area contributed by atoms with Crippen molar-refractivity contribution in [2.45, 2.75) is 19.8 Å². The Morgan fingerprint density at radius 3 is 2.52 bits per heavy atom. The normalized spacial score (nSPS) is 10.4. The molecule has 0 saturated carbocycles. The molecule has 0 radical (unpaired) electrons. The summed E-state index contributed by atoms with van der Waals surface area (Å²) in [7, 11) is 3.20. The van der Waals surface area contributed by atoms with Crippen LogP contribution in [0.4, 0.5) is 0 Å². The quantitative estimate of drug-likeness (QED) is 0.752. The van der Waals surface area contributed by atoms with Crippen molar-refractivity contribution >= 4 is 11.9 Å². The molecule has 0 unspecified atom stereocenters. The van der Waals surface area contributed by atoms with Gasteiger partial charge < -0.3 is 14.1 Å². The van der Waals surface area contributed by atoms with Gasteiger partial charge in [0.1, 0.15) is 0 Å². The van der Waals surface area contributed by atoms with E-state index >= 15 is 0 Å². The molecule has 1 aromatic heterocycles. The number of ether oxygens (including phenoxy) is 1. The fraction of sp³-hybridized carbons (Fsp3) is 0.375. The number of carbonyl (C=O) groups is 2.